The zero-order chi connectivity index (χ0) is 17.8. The second kappa shape index (κ2) is 7.51. The topological polar surface area (TPSA) is 65.5 Å². The highest BCUT2D eigenvalue weighted by Crippen LogP contribution is 2.16. The molecule has 1 N–H and O–H groups in total. The van der Waals surface area contributed by atoms with Crippen molar-refractivity contribution in [3.05, 3.63) is 42.1 Å². The minimum atomic E-state index is -0.0546. The molecule has 6 heteroatoms. The van der Waals surface area contributed by atoms with Crippen molar-refractivity contribution in [1.29, 1.82) is 0 Å². The van der Waals surface area contributed by atoms with Gasteiger partial charge in [-0.05, 0) is 44.5 Å². The second-order valence-corrected chi connectivity index (χ2v) is 6.65. The van der Waals surface area contributed by atoms with E-state index in [0.717, 1.165) is 17.3 Å². The molecule has 0 aliphatic carbocycles. The van der Waals surface area contributed by atoms with Gasteiger partial charge in [-0.25, -0.2) is 4.79 Å². The number of pyridine rings is 1. The lowest BCUT2D eigenvalue weighted by Gasteiger charge is -2.23. The molecule has 0 radical (unpaired) electrons. The van der Waals surface area contributed by atoms with Gasteiger partial charge < -0.3 is 15.1 Å². The molecule has 2 aromatic rings. The van der Waals surface area contributed by atoms with E-state index in [1.165, 1.54) is 0 Å². The number of urea groups is 1. The Kier molecular flexibility index (Phi) is 5.16. The van der Waals surface area contributed by atoms with Crippen LogP contribution in [0.2, 0.25) is 0 Å². The van der Waals surface area contributed by atoms with E-state index in [1.807, 2.05) is 49.1 Å². The van der Waals surface area contributed by atoms with E-state index in [9.17, 15) is 9.59 Å². The van der Waals surface area contributed by atoms with Crippen LogP contribution < -0.4 is 5.32 Å². The standard InChI is InChI=1S/C19H24N4O2/c1-14(2)21-19(25)23-10-4-9-22(11-12-23)18(24)16-6-7-17-15(13-16)5-3-8-20-17/h3,5-8,13-14H,4,9-12H2,1-2H3,(H,21,25). The lowest BCUT2D eigenvalue weighted by atomic mass is 10.1. The molecular weight excluding hydrogens is 316 g/mol. The van der Waals surface area contributed by atoms with Crippen LogP contribution in [0.5, 0.6) is 0 Å². The van der Waals surface area contributed by atoms with Crippen molar-refractivity contribution in [2.75, 3.05) is 26.2 Å². The quantitative estimate of drug-likeness (QED) is 0.913. The Labute approximate surface area is 147 Å². The van der Waals surface area contributed by atoms with E-state index < -0.39 is 0 Å². The molecule has 6 nitrogen and oxygen atoms in total. The Morgan fingerprint density at radius 2 is 1.84 bits per heavy atom. The summed E-state index contributed by atoms with van der Waals surface area (Å²) in [5.74, 6) is 0.0110. The molecule has 0 atom stereocenters. The number of nitrogens with one attached hydrogen (secondary N) is 1. The van der Waals surface area contributed by atoms with Crippen LogP contribution in [-0.2, 0) is 0 Å². The molecule has 0 saturated carbocycles. The molecule has 1 aromatic carbocycles. The first-order valence-electron chi connectivity index (χ1n) is 8.74. The summed E-state index contributed by atoms with van der Waals surface area (Å²) in [4.78, 5) is 32.9. The fourth-order valence-corrected chi connectivity index (χ4v) is 3.05. The van der Waals surface area contributed by atoms with Gasteiger partial charge in [-0.3, -0.25) is 9.78 Å². The first kappa shape index (κ1) is 17.2. The monoisotopic (exact) mass is 340 g/mol. The zero-order valence-electron chi connectivity index (χ0n) is 14.7. The number of fused-ring (bicyclic) bond motifs is 1. The minimum Gasteiger partial charge on any atom is -0.337 e. The third kappa shape index (κ3) is 4.07. The molecule has 132 valence electrons. The maximum atomic E-state index is 12.8. The van der Waals surface area contributed by atoms with Crippen LogP contribution in [0.1, 0.15) is 30.6 Å². The first-order chi connectivity index (χ1) is 12.0. The molecule has 0 spiro atoms. The highest BCUT2D eigenvalue weighted by atomic mass is 16.2. The fourth-order valence-electron chi connectivity index (χ4n) is 3.05. The van der Waals surface area contributed by atoms with Crippen molar-refractivity contribution < 1.29 is 9.59 Å². The van der Waals surface area contributed by atoms with Crippen LogP contribution in [0, 0.1) is 0 Å². The zero-order valence-corrected chi connectivity index (χ0v) is 14.7. The Balaban J connectivity index is 1.69. The summed E-state index contributed by atoms with van der Waals surface area (Å²) in [6, 6.07) is 9.47. The summed E-state index contributed by atoms with van der Waals surface area (Å²) in [6.07, 6.45) is 2.53. The lowest BCUT2D eigenvalue weighted by Crippen LogP contribution is -2.44. The number of amides is 3. The fraction of sp³-hybridized carbons (Fsp3) is 0.421. The van der Waals surface area contributed by atoms with Crippen LogP contribution in [0.4, 0.5) is 4.79 Å². The summed E-state index contributed by atoms with van der Waals surface area (Å²) < 4.78 is 0. The number of carbonyl (C=O) groups excluding carboxylic acids is 2. The van der Waals surface area contributed by atoms with Crippen molar-refractivity contribution in [1.82, 2.24) is 20.1 Å². The van der Waals surface area contributed by atoms with Gasteiger partial charge in [0.2, 0.25) is 0 Å². The summed E-state index contributed by atoms with van der Waals surface area (Å²) in [7, 11) is 0. The van der Waals surface area contributed by atoms with Crippen molar-refractivity contribution >= 4 is 22.8 Å². The van der Waals surface area contributed by atoms with E-state index in [-0.39, 0.29) is 18.0 Å². The van der Waals surface area contributed by atoms with E-state index in [4.69, 9.17) is 0 Å². The Morgan fingerprint density at radius 3 is 2.64 bits per heavy atom. The summed E-state index contributed by atoms with van der Waals surface area (Å²) in [5.41, 5.74) is 1.55. The third-order valence-corrected chi connectivity index (χ3v) is 4.33. The van der Waals surface area contributed by atoms with Gasteiger partial charge in [0.15, 0.2) is 0 Å². The van der Waals surface area contributed by atoms with Crippen molar-refractivity contribution in [2.24, 2.45) is 0 Å². The number of rotatable bonds is 2. The maximum absolute atomic E-state index is 12.8. The molecule has 1 fully saturated rings. The van der Waals surface area contributed by atoms with Gasteiger partial charge in [-0.1, -0.05) is 6.07 Å². The van der Waals surface area contributed by atoms with Gasteiger partial charge in [0.25, 0.3) is 5.91 Å². The average Bonchev–Trinajstić information content (AvgIpc) is 2.86. The van der Waals surface area contributed by atoms with Crippen LogP contribution >= 0.6 is 0 Å². The predicted octanol–water partition coefficient (Wildman–Crippen LogP) is 2.50. The number of nitrogens with zero attached hydrogens (tertiary/aromatic N) is 3. The molecule has 0 unspecified atom stereocenters. The van der Waals surface area contributed by atoms with Crippen LogP contribution in [-0.4, -0.2) is 58.9 Å². The largest absolute Gasteiger partial charge is 0.337 e. The van der Waals surface area contributed by atoms with E-state index in [0.29, 0.717) is 31.7 Å². The Bertz CT molecular complexity index is 775. The van der Waals surface area contributed by atoms with Gasteiger partial charge >= 0.3 is 6.03 Å². The van der Waals surface area contributed by atoms with Gasteiger partial charge in [0.05, 0.1) is 5.52 Å². The number of hydrogen-bond donors (Lipinski definition) is 1. The van der Waals surface area contributed by atoms with E-state index >= 15 is 0 Å². The normalized spacial score (nSPS) is 15.3. The number of hydrogen-bond acceptors (Lipinski definition) is 3. The Hall–Kier alpha value is -2.63. The molecule has 0 bridgehead atoms. The molecule has 1 aliphatic rings. The molecule has 3 amide bonds. The molecule has 3 rings (SSSR count). The number of aromatic nitrogens is 1. The number of carbonyl (C=O) groups is 2. The highest BCUT2D eigenvalue weighted by Gasteiger charge is 2.23. The van der Waals surface area contributed by atoms with Crippen molar-refractivity contribution in [2.45, 2.75) is 26.3 Å². The summed E-state index contributed by atoms with van der Waals surface area (Å²) >= 11 is 0. The van der Waals surface area contributed by atoms with Crippen LogP contribution in [0.3, 0.4) is 0 Å². The second-order valence-electron chi connectivity index (χ2n) is 6.65. The molecule has 25 heavy (non-hydrogen) atoms. The van der Waals surface area contributed by atoms with Gasteiger partial charge in [0, 0.05) is 49.4 Å². The lowest BCUT2D eigenvalue weighted by molar-refractivity contribution is 0.0762. The summed E-state index contributed by atoms with van der Waals surface area (Å²) in [5, 5.41) is 3.87. The van der Waals surface area contributed by atoms with Crippen LogP contribution in [0.15, 0.2) is 36.5 Å². The van der Waals surface area contributed by atoms with E-state index in [1.54, 1.807) is 11.1 Å². The molecular formula is C19H24N4O2. The first-order valence-corrected chi connectivity index (χ1v) is 8.74. The maximum Gasteiger partial charge on any atom is 0.317 e. The SMILES string of the molecule is CC(C)NC(=O)N1CCCN(C(=O)c2ccc3ncccc3c2)CC1. The Morgan fingerprint density at radius 1 is 1.08 bits per heavy atom. The third-order valence-electron chi connectivity index (χ3n) is 4.33. The number of benzene rings is 1. The van der Waals surface area contributed by atoms with Gasteiger partial charge in [-0.15, -0.1) is 0 Å². The average molecular weight is 340 g/mol. The van der Waals surface area contributed by atoms with E-state index in [2.05, 4.69) is 10.3 Å². The van der Waals surface area contributed by atoms with Crippen molar-refractivity contribution in [3.8, 4) is 0 Å². The van der Waals surface area contributed by atoms with Crippen LogP contribution in [0.25, 0.3) is 10.9 Å². The smallest absolute Gasteiger partial charge is 0.317 e. The molecule has 1 saturated heterocycles. The predicted molar refractivity (Wildman–Crippen MR) is 97.5 cm³/mol. The molecule has 1 aliphatic heterocycles. The minimum absolute atomic E-state index is 0.0110. The summed E-state index contributed by atoms with van der Waals surface area (Å²) in [6.45, 7) is 6.33. The van der Waals surface area contributed by atoms with Gasteiger partial charge in [-0.2, -0.15) is 0 Å². The van der Waals surface area contributed by atoms with Gasteiger partial charge in [0.1, 0.15) is 0 Å². The molecule has 1 aromatic heterocycles. The van der Waals surface area contributed by atoms with Crippen molar-refractivity contribution in [3.63, 3.8) is 0 Å². The highest BCUT2D eigenvalue weighted by molar-refractivity contribution is 5.98. The molecule has 2 heterocycles.